The number of nitrogens with zero attached hydrogens (tertiary/aromatic N) is 4. The summed E-state index contributed by atoms with van der Waals surface area (Å²) in [5.41, 5.74) is 6.49. The zero-order valence-electron chi connectivity index (χ0n) is 10.3. The fourth-order valence-corrected chi connectivity index (χ4v) is 3.03. The first-order valence-electron chi connectivity index (χ1n) is 5.65. The van der Waals surface area contributed by atoms with Crippen molar-refractivity contribution >= 4 is 35.0 Å². The van der Waals surface area contributed by atoms with Crippen molar-refractivity contribution in [1.29, 1.82) is 0 Å². The Bertz CT molecular complexity index is 572. The molecule has 2 rings (SSSR count). The lowest BCUT2D eigenvalue weighted by molar-refractivity contribution is 0.627. The average Bonchev–Trinajstić information content (AvgIpc) is 2.71. The van der Waals surface area contributed by atoms with Crippen LogP contribution in [0.25, 0.3) is 0 Å². The molecule has 0 fully saturated rings. The van der Waals surface area contributed by atoms with E-state index in [4.69, 9.17) is 28.9 Å². The molecule has 0 saturated heterocycles. The highest BCUT2D eigenvalue weighted by Gasteiger charge is 2.10. The molecule has 8 heteroatoms. The molecule has 0 radical (unpaired) electrons. The first-order chi connectivity index (χ1) is 9.11. The Labute approximate surface area is 125 Å². The Morgan fingerprint density at radius 3 is 2.79 bits per heavy atom. The minimum Gasteiger partial charge on any atom is -0.329 e. The topological polar surface area (TPSA) is 69.6 Å². The summed E-state index contributed by atoms with van der Waals surface area (Å²) in [6.45, 7) is 3.16. The van der Waals surface area contributed by atoms with Gasteiger partial charge in [0.05, 0.1) is 0 Å². The number of nitrogens with two attached hydrogens (primary N) is 1. The van der Waals surface area contributed by atoms with Gasteiger partial charge in [0.1, 0.15) is 16.1 Å². The number of aromatic nitrogens is 4. The highest BCUT2D eigenvalue weighted by molar-refractivity contribution is 7.98. The van der Waals surface area contributed by atoms with Gasteiger partial charge in [-0.3, -0.25) is 0 Å². The number of pyridine rings is 1. The molecule has 102 valence electrons. The molecule has 2 N–H and O–H groups in total. The van der Waals surface area contributed by atoms with Gasteiger partial charge in [0.15, 0.2) is 5.16 Å². The quantitative estimate of drug-likeness (QED) is 0.678. The fourth-order valence-electron chi connectivity index (χ4n) is 1.55. The molecule has 0 bridgehead atoms. The lowest BCUT2D eigenvalue weighted by atomic mass is 10.3. The molecule has 2 heterocycles. The highest BCUT2D eigenvalue weighted by Crippen LogP contribution is 2.26. The maximum absolute atomic E-state index is 6.03. The Hall–Kier alpha value is -0.820. The summed E-state index contributed by atoms with van der Waals surface area (Å²) in [7, 11) is 0. The van der Waals surface area contributed by atoms with Gasteiger partial charge >= 0.3 is 0 Å². The van der Waals surface area contributed by atoms with E-state index in [2.05, 4.69) is 15.2 Å². The van der Waals surface area contributed by atoms with Gasteiger partial charge in [-0.1, -0.05) is 41.0 Å². The summed E-state index contributed by atoms with van der Waals surface area (Å²) in [4.78, 5) is 4.00. The van der Waals surface area contributed by atoms with Crippen molar-refractivity contribution in [3.05, 3.63) is 33.8 Å². The lowest BCUT2D eigenvalue weighted by Crippen LogP contribution is -2.12. The van der Waals surface area contributed by atoms with Gasteiger partial charge in [0, 0.05) is 18.8 Å². The van der Waals surface area contributed by atoms with Crippen LogP contribution in [-0.2, 0) is 12.3 Å². The maximum atomic E-state index is 6.03. The Morgan fingerprint density at radius 1 is 1.32 bits per heavy atom. The van der Waals surface area contributed by atoms with E-state index >= 15 is 0 Å². The van der Waals surface area contributed by atoms with E-state index in [1.54, 1.807) is 17.8 Å². The van der Waals surface area contributed by atoms with Crippen LogP contribution >= 0.6 is 35.0 Å². The summed E-state index contributed by atoms with van der Waals surface area (Å²) < 4.78 is 1.99. The molecule has 2 aromatic heterocycles. The van der Waals surface area contributed by atoms with Crippen molar-refractivity contribution in [2.75, 3.05) is 6.54 Å². The van der Waals surface area contributed by atoms with E-state index in [-0.39, 0.29) is 0 Å². The van der Waals surface area contributed by atoms with Gasteiger partial charge in [-0.2, -0.15) is 0 Å². The van der Waals surface area contributed by atoms with Crippen molar-refractivity contribution in [3.63, 3.8) is 0 Å². The zero-order chi connectivity index (χ0) is 13.8. The minimum absolute atomic E-state index is 0.390. The van der Waals surface area contributed by atoms with E-state index in [0.29, 0.717) is 29.1 Å². The minimum atomic E-state index is 0.390. The monoisotopic (exact) mass is 317 g/mol. The predicted octanol–water partition coefficient (Wildman–Crippen LogP) is 2.54. The summed E-state index contributed by atoms with van der Waals surface area (Å²) in [5.74, 6) is 1.51. The SMILES string of the molecule is Cc1nnc(SCc2ccc(Cl)nc2Cl)n1CCN. The van der Waals surface area contributed by atoms with Gasteiger partial charge in [-0.15, -0.1) is 10.2 Å². The molecular formula is C11H13Cl2N5S. The molecule has 5 nitrogen and oxygen atoms in total. The van der Waals surface area contributed by atoms with Crippen LogP contribution in [0, 0.1) is 6.92 Å². The van der Waals surface area contributed by atoms with E-state index in [1.165, 1.54) is 0 Å². The number of hydrogen-bond acceptors (Lipinski definition) is 5. The van der Waals surface area contributed by atoms with Crippen molar-refractivity contribution in [2.45, 2.75) is 24.4 Å². The highest BCUT2D eigenvalue weighted by atomic mass is 35.5. The van der Waals surface area contributed by atoms with Crippen LogP contribution in [0.5, 0.6) is 0 Å². The molecule has 0 spiro atoms. The lowest BCUT2D eigenvalue weighted by Gasteiger charge is -2.07. The molecule has 0 aromatic carbocycles. The molecule has 0 saturated carbocycles. The molecule has 0 amide bonds. The second-order valence-electron chi connectivity index (χ2n) is 3.84. The molecule has 0 aliphatic carbocycles. The molecule has 19 heavy (non-hydrogen) atoms. The van der Waals surface area contributed by atoms with E-state index in [9.17, 15) is 0 Å². The maximum Gasteiger partial charge on any atom is 0.191 e. The van der Waals surface area contributed by atoms with Crippen molar-refractivity contribution in [2.24, 2.45) is 5.73 Å². The summed E-state index contributed by atoms with van der Waals surface area (Å²) in [6.07, 6.45) is 0. The smallest absolute Gasteiger partial charge is 0.191 e. The second-order valence-corrected chi connectivity index (χ2v) is 5.53. The molecular weight excluding hydrogens is 305 g/mol. The number of rotatable bonds is 5. The number of hydrogen-bond donors (Lipinski definition) is 1. The normalized spacial score (nSPS) is 10.9. The van der Waals surface area contributed by atoms with Crippen LogP contribution in [0.15, 0.2) is 17.3 Å². The number of thioether (sulfide) groups is 1. The summed E-state index contributed by atoms with van der Waals surface area (Å²) >= 11 is 13.3. The van der Waals surface area contributed by atoms with Crippen LogP contribution in [0.4, 0.5) is 0 Å². The van der Waals surface area contributed by atoms with Crippen LogP contribution in [0.2, 0.25) is 10.3 Å². The molecule has 0 aliphatic heterocycles. The van der Waals surface area contributed by atoms with Crippen molar-refractivity contribution in [1.82, 2.24) is 19.7 Å². The molecule has 0 aliphatic rings. The van der Waals surface area contributed by atoms with Gasteiger partial charge in [0.25, 0.3) is 0 Å². The largest absolute Gasteiger partial charge is 0.329 e. The third-order valence-corrected chi connectivity index (χ3v) is 4.06. The van der Waals surface area contributed by atoms with Crippen LogP contribution in [0.3, 0.4) is 0 Å². The van der Waals surface area contributed by atoms with Gasteiger partial charge in [-0.25, -0.2) is 4.98 Å². The molecule has 0 atom stereocenters. The van der Waals surface area contributed by atoms with E-state index in [1.807, 2.05) is 17.6 Å². The van der Waals surface area contributed by atoms with Crippen LogP contribution < -0.4 is 5.73 Å². The average molecular weight is 318 g/mol. The standard InChI is InChI=1S/C11H13Cl2N5S/c1-7-16-17-11(18(7)5-4-14)19-6-8-2-3-9(12)15-10(8)13/h2-3H,4-6,14H2,1H3. The fraction of sp³-hybridized carbons (Fsp3) is 0.364. The Balaban J connectivity index is 2.10. The molecule has 0 unspecified atom stereocenters. The van der Waals surface area contributed by atoms with Crippen LogP contribution in [-0.4, -0.2) is 26.3 Å². The van der Waals surface area contributed by atoms with Gasteiger partial charge in [-0.05, 0) is 18.6 Å². The van der Waals surface area contributed by atoms with E-state index < -0.39 is 0 Å². The summed E-state index contributed by atoms with van der Waals surface area (Å²) in [6, 6.07) is 3.58. The number of halogens is 2. The second kappa shape index (κ2) is 6.56. The first-order valence-corrected chi connectivity index (χ1v) is 7.39. The van der Waals surface area contributed by atoms with Gasteiger partial charge < -0.3 is 10.3 Å². The van der Waals surface area contributed by atoms with Crippen LogP contribution in [0.1, 0.15) is 11.4 Å². The summed E-state index contributed by atoms with van der Waals surface area (Å²) in [5, 5.41) is 9.81. The molecule has 2 aromatic rings. The zero-order valence-corrected chi connectivity index (χ0v) is 12.6. The van der Waals surface area contributed by atoms with Gasteiger partial charge in [0.2, 0.25) is 0 Å². The Kier molecular flexibility index (Phi) is 5.04. The predicted molar refractivity (Wildman–Crippen MR) is 77.6 cm³/mol. The third-order valence-electron chi connectivity index (χ3n) is 2.50. The third kappa shape index (κ3) is 3.60. The van der Waals surface area contributed by atoms with Crippen molar-refractivity contribution in [3.8, 4) is 0 Å². The number of aryl methyl sites for hydroxylation is 1. The van der Waals surface area contributed by atoms with E-state index in [0.717, 1.165) is 16.5 Å². The van der Waals surface area contributed by atoms with Crippen molar-refractivity contribution < 1.29 is 0 Å². The Morgan fingerprint density at radius 2 is 2.11 bits per heavy atom. The first kappa shape index (κ1) is 14.6.